The van der Waals surface area contributed by atoms with Crippen molar-refractivity contribution in [2.45, 2.75) is 44.6 Å². The SMILES string of the molecule is Cc1cc(C)c(S(=O)(=O)N(CC(=O)Nc2cc(C(F)(F)F)cc(C(F)(F)F)c2)Cc2ccccc2)c(C)c1. The van der Waals surface area contributed by atoms with E-state index in [1.165, 1.54) is 0 Å². The van der Waals surface area contributed by atoms with Crippen molar-refractivity contribution in [3.05, 3.63) is 94.0 Å². The Morgan fingerprint density at radius 2 is 1.32 bits per heavy atom. The second-order valence-corrected chi connectivity index (χ2v) is 10.7. The minimum Gasteiger partial charge on any atom is -0.325 e. The number of anilines is 1. The summed E-state index contributed by atoms with van der Waals surface area (Å²) in [6.45, 7) is 3.85. The molecule has 0 unspecified atom stereocenters. The summed E-state index contributed by atoms with van der Waals surface area (Å²) in [7, 11) is -4.32. The number of nitrogens with one attached hydrogen (secondary N) is 1. The first-order valence-electron chi connectivity index (χ1n) is 11.2. The van der Waals surface area contributed by atoms with Gasteiger partial charge in [-0.15, -0.1) is 0 Å². The van der Waals surface area contributed by atoms with Crippen LogP contribution in [0.4, 0.5) is 32.0 Å². The Morgan fingerprint density at radius 1 is 0.816 bits per heavy atom. The van der Waals surface area contributed by atoms with Gasteiger partial charge in [0.25, 0.3) is 0 Å². The molecule has 204 valence electrons. The van der Waals surface area contributed by atoms with Crippen LogP contribution in [0.1, 0.15) is 33.4 Å². The summed E-state index contributed by atoms with van der Waals surface area (Å²) in [5.41, 5.74) is -1.80. The third kappa shape index (κ3) is 6.93. The van der Waals surface area contributed by atoms with Crippen molar-refractivity contribution >= 4 is 21.6 Å². The Morgan fingerprint density at radius 3 is 1.79 bits per heavy atom. The Hall–Kier alpha value is -3.38. The van der Waals surface area contributed by atoms with Gasteiger partial charge in [-0.3, -0.25) is 4.79 Å². The van der Waals surface area contributed by atoms with Gasteiger partial charge in [0.05, 0.1) is 22.6 Å². The average Bonchev–Trinajstić information content (AvgIpc) is 2.77. The fourth-order valence-electron chi connectivity index (χ4n) is 4.10. The van der Waals surface area contributed by atoms with Gasteiger partial charge in [0.2, 0.25) is 15.9 Å². The number of carbonyl (C=O) groups excluding carboxylic acids is 1. The van der Waals surface area contributed by atoms with E-state index in [0.29, 0.717) is 28.8 Å². The van der Waals surface area contributed by atoms with Crippen LogP contribution in [0.25, 0.3) is 0 Å². The molecule has 0 aliphatic carbocycles. The molecular formula is C26H24F6N2O3S. The summed E-state index contributed by atoms with van der Waals surface area (Å²) in [4.78, 5) is 12.8. The molecule has 0 bridgehead atoms. The summed E-state index contributed by atoms with van der Waals surface area (Å²) in [5.74, 6) is -1.11. The second kappa shape index (κ2) is 10.8. The van der Waals surface area contributed by atoms with Crippen LogP contribution >= 0.6 is 0 Å². The van der Waals surface area contributed by atoms with Crippen molar-refractivity contribution in [3.63, 3.8) is 0 Å². The Bertz CT molecular complexity index is 1380. The number of hydrogen-bond acceptors (Lipinski definition) is 3. The number of rotatable bonds is 7. The summed E-state index contributed by atoms with van der Waals surface area (Å²) < 4.78 is 107. The summed E-state index contributed by atoms with van der Waals surface area (Å²) in [6.07, 6.45) is -10.2. The van der Waals surface area contributed by atoms with Crippen LogP contribution in [-0.4, -0.2) is 25.2 Å². The predicted molar refractivity (Wildman–Crippen MR) is 130 cm³/mol. The zero-order chi connectivity index (χ0) is 28.5. The summed E-state index contributed by atoms with van der Waals surface area (Å²) in [5, 5.41) is 2.00. The number of alkyl halides is 6. The third-order valence-corrected chi connectivity index (χ3v) is 7.69. The van der Waals surface area contributed by atoms with E-state index in [0.717, 1.165) is 9.87 Å². The topological polar surface area (TPSA) is 66.5 Å². The maximum absolute atomic E-state index is 13.7. The predicted octanol–water partition coefficient (Wildman–Crippen LogP) is 6.48. The molecule has 5 nitrogen and oxygen atoms in total. The molecule has 0 aliphatic heterocycles. The highest BCUT2D eigenvalue weighted by Crippen LogP contribution is 2.37. The highest BCUT2D eigenvalue weighted by Gasteiger charge is 2.37. The number of amides is 1. The molecule has 1 N–H and O–H groups in total. The first-order valence-corrected chi connectivity index (χ1v) is 12.6. The summed E-state index contributed by atoms with van der Waals surface area (Å²) in [6, 6.07) is 12.2. The van der Waals surface area contributed by atoms with Gasteiger partial charge in [-0.1, -0.05) is 48.0 Å². The van der Waals surface area contributed by atoms with Gasteiger partial charge in [-0.25, -0.2) is 8.42 Å². The van der Waals surface area contributed by atoms with E-state index in [1.54, 1.807) is 63.2 Å². The zero-order valence-electron chi connectivity index (χ0n) is 20.5. The van der Waals surface area contributed by atoms with Crippen LogP contribution < -0.4 is 5.32 Å². The lowest BCUT2D eigenvalue weighted by Crippen LogP contribution is -2.38. The van der Waals surface area contributed by atoms with Crippen LogP contribution in [0.3, 0.4) is 0 Å². The number of hydrogen-bond donors (Lipinski definition) is 1. The van der Waals surface area contributed by atoms with Gasteiger partial charge < -0.3 is 5.32 Å². The van der Waals surface area contributed by atoms with Gasteiger partial charge in [0, 0.05) is 12.2 Å². The van der Waals surface area contributed by atoms with Crippen molar-refractivity contribution in [1.29, 1.82) is 0 Å². The Balaban J connectivity index is 2.00. The maximum Gasteiger partial charge on any atom is 0.416 e. The van der Waals surface area contributed by atoms with E-state index in [-0.39, 0.29) is 17.5 Å². The highest BCUT2D eigenvalue weighted by molar-refractivity contribution is 7.89. The number of halogens is 6. The quantitative estimate of drug-likeness (QED) is 0.338. The van der Waals surface area contributed by atoms with Gasteiger partial charge in [0.15, 0.2) is 0 Å². The fraction of sp³-hybridized carbons (Fsp3) is 0.269. The van der Waals surface area contributed by atoms with Crippen LogP contribution in [0.15, 0.2) is 65.6 Å². The molecule has 0 spiro atoms. The van der Waals surface area contributed by atoms with Crippen molar-refractivity contribution in [2.75, 3.05) is 11.9 Å². The molecule has 0 aliphatic rings. The maximum atomic E-state index is 13.7. The molecule has 0 heterocycles. The minimum absolute atomic E-state index is 0.0368. The second-order valence-electron chi connectivity index (χ2n) is 8.83. The Labute approximate surface area is 216 Å². The van der Waals surface area contributed by atoms with E-state index in [1.807, 2.05) is 5.32 Å². The standard InChI is InChI=1S/C26H24F6N2O3S/c1-16-9-17(2)24(18(3)10-16)38(36,37)34(14-19-7-5-4-6-8-19)15-23(35)33-22-12-20(25(27,28)29)11-21(13-22)26(30,31)32/h4-13H,14-15H2,1-3H3,(H,33,35). The lowest BCUT2D eigenvalue weighted by molar-refractivity contribution is -0.143. The largest absolute Gasteiger partial charge is 0.416 e. The molecule has 1 amide bonds. The average molecular weight is 559 g/mol. The molecule has 0 atom stereocenters. The Kier molecular flexibility index (Phi) is 8.27. The minimum atomic E-state index is -5.11. The van der Waals surface area contributed by atoms with E-state index in [2.05, 4.69) is 0 Å². The van der Waals surface area contributed by atoms with Crippen molar-refractivity contribution in [1.82, 2.24) is 4.31 Å². The van der Waals surface area contributed by atoms with Crippen molar-refractivity contribution in [2.24, 2.45) is 0 Å². The van der Waals surface area contributed by atoms with E-state index in [4.69, 9.17) is 0 Å². The molecular weight excluding hydrogens is 534 g/mol. The van der Waals surface area contributed by atoms with E-state index in [9.17, 15) is 39.6 Å². The van der Waals surface area contributed by atoms with Crippen LogP contribution in [0.5, 0.6) is 0 Å². The van der Waals surface area contributed by atoms with Gasteiger partial charge in [-0.05, 0) is 55.7 Å². The first-order chi connectivity index (χ1) is 17.5. The fourth-order valence-corrected chi connectivity index (χ4v) is 5.90. The molecule has 0 saturated heterocycles. The monoisotopic (exact) mass is 558 g/mol. The molecule has 3 aromatic rings. The first kappa shape index (κ1) is 29.2. The third-order valence-electron chi connectivity index (χ3n) is 5.60. The van der Waals surface area contributed by atoms with Crippen molar-refractivity contribution < 1.29 is 39.6 Å². The number of nitrogens with zero attached hydrogens (tertiary/aromatic N) is 1. The number of aryl methyl sites for hydroxylation is 3. The normalized spacial score (nSPS) is 12.6. The van der Waals surface area contributed by atoms with E-state index < -0.39 is 51.6 Å². The summed E-state index contributed by atoms with van der Waals surface area (Å²) >= 11 is 0. The lowest BCUT2D eigenvalue weighted by Gasteiger charge is -2.24. The molecule has 38 heavy (non-hydrogen) atoms. The van der Waals surface area contributed by atoms with Crippen LogP contribution in [0.2, 0.25) is 0 Å². The number of carbonyl (C=O) groups is 1. The highest BCUT2D eigenvalue weighted by atomic mass is 32.2. The van der Waals surface area contributed by atoms with Crippen molar-refractivity contribution in [3.8, 4) is 0 Å². The van der Waals surface area contributed by atoms with Gasteiger partial charge in [0.1, 0.15) is 0 Å². The smallest absolute Gasteiger partial charge is 0.325 e. The molecule has 3 aromatic carbocycles. The van der Waals surface area contributed by atoms with Crippen LogP contribution in [-0.2, 0) is 33.7 Å². The van der Waals surface area contributed by atoms with E-state index >= 15 is 0 Å². The molecule has 12 heteroatoms. The number of sulfonamides is 1. The molecule has 0 fully saturated rings. The van der Waals surface area contributed by atoms with Gasteiger partial charge >= 0.3 is 12.4 Å². The molecule has 0 saturated carbocycles. The van der Waals surface area contributed by atoms with Gasteiger partial charge in [-0.2, -0.15) is 30.6 Å². The lowest BCUT2D eigenvalue weighted by atomic mass is 10.1. The molecule has 3 rings (SSSR count). The van der Waals surface area contributed by atoms with Crippen LogP contribution in [0, 0.1) is 20.8 Å². The molecule has 0 radical (unpaired) electrons. The zero-order valence-corrected chi connectivity index (χ0v) is 21.4. The molecule has 0 aromatic heterocycles. The number of benzene rings is 3.